The Balaban J connectivity index is 1.91. The number of carboxylic acids is 1. The predicted molar refractivity (Wildman–Crippen MR) is 111 cm³/mol. The third-order valence-electron chi connectivity index (χ3n) is 4.54. The molecule has 7 heteroatoms. The Morgan fingerprint density at radius 2 is 1.93 bits per heavy atom. The van der Waals surface area contributed by atoms with Crippen molar-refractivity contribution in [2.75, 3.05) is 11.4 Å². The van der Waals surface area contributed by atoms with E-state index in [0.29, 0.717) is 24.4 Å². The van der Waals surface area contributed by atoms with Crippen LogP contribution in [-0.2, 0) is 11.2 Å². The Morgan fingerprint density at radius 3 is 2.62 bits per heavy atom. The summed E-state index contributed by atoms with van der Waals surface area (Å²) < 4.78 is 0. The predicted octanol–water partition coefficient (Wildman–Crippen LogP) is 2.89. The molecule has 3 N–H and O–H groups in total. The summed E-state index contributed by atoms with van der Waals surface area (Å²) in [6, 6.07) is 11.8. The van der Waals surface area contributed by atoms with Crippen LogP contribution in [-0.4, -0.2) is 35.3 Å². The number of primary amides is 1. The van der Waals surface area contributed by atoms with Gasteiger partial charge in [0, 0.05) is 35.9 Å². The van der Waals surface area contributed by atoms with E-state index in [4.69, 9.17) is 10.8 Å². The SMILES string of the molecule is CCCN1C(=NC(=O)c2cccc(C(N)=O)c2)Cc2cc(/C=C/C(=O)O)ccc21. The third-order valence-corrected chi connectivity index (χ3v) is 4.54. The average molecular weight is 391 g/mol. The lowest BCUT2D eigenvalue weighted by Gasteiger charge is -2.19. The maximum Gasteiger partial charge on any atom is 0.328 e. The number of fused-ring (bicyclic) bond motifs is 1. The molecule has 0 unspecified atom stereocenters. The van der Waals surface area contributed by atoms with Gasteiger partial charge in [-0.1, -0.05) is 19.1 Å². The number of carbonyl (C=O) groups excluding carboxylic acids is 2. The van der Waals surface area contributed by atoms with E-state index in [1.54, 1.807) is 18.2 Å². The second-order valence-corrected chi connectivity index (χ2v) is 6.67. The van der Waals surface area contributed by atoms with Crippen molar-refractivity contribution in [2.45, 2.75) is 19.8 Å². The first kappa shape index (κ1) is 20.0. The fourth-order valence-corrected chi connectivity index (χ4v) is 3.25. The van der Waals surface area contributed by atoms with Crippen LogP contribution in [0.15, 0.2) is 53.5 Å². The number of amides is 2. The van der Waals surface area contributed by atoms with E-state index in [9.17, 15) is 14.4 Å². The zero-order valence-electron chi connectivity index (χ0n) is 16.0. The monoisotopic (exact) mass is 391 g/mol. The first-order valence-corrected chi connectivity index (χ1v) is 9.22. The molecular weight excluding hydrogens is 370 g/mol. The van der Waals surface area contributed by atoms with Gasteiger partial charge in [0.05, 0.1) is 0 Å². The number of amidine groups is 1. The summed E-state index contributed by atoms with van der Waals surface area (Å²) in [5, 5.41) is 8.80. The number of carboxylic acid groups (broad SMARTS) is 1. The van der Waals surface area contributed by atoms with Crippen LogP contribution in [0.4, 0.5) is 5.69 Å². The molecule has 0 atom stereocenters. The lowest BCUT2D eigenvalue weighted by Crippen LogP contribution is -2.28. The molecule has 0 fully saturated rings. The lowest BCUT2D eigenvalue weighted by molar-refractivity contribution is -0.131. The highest BCUT2D eigenvalue weighted by atomic mass is 16.4. The van der Waals surface area contributed by atoms with E-state index in [1.165, 1.54) is 12.1 Å². The van der Waals surface area contributed by atoms with Gasteiger partial charge in [0.2, 0.25) is 5.91 Å². The molecule has 0 aromatic heterocycles. The van der Waals surface area contributed by atoms with E-state index in [1.807, 2.05) is 30.0 Å². The largest absolute Gasteiger partial charge is 0.478 e. The van der Waals surface area contributed by atoms with Gasteiger partial charge in [-0.3, -0.25) is 9.59 Å². The number of aliphatic carboxylic acids is 1. The van der Waals surface area contributed by atoms with Crippen molar-refractivity contribution in [3.8, 4) is 0 Å². The third kappa shape index (κ3) is 4.57. The molecule has 2 aromatic carbocycles. The molecule has 1 aliphatic rings. The highest BCUT2D eigenvalue weighted by molar-refractivity contribution is 6.13. The van der Waals surface area contributed by atoms with Gasteiger partial charge in [0.15, 0.2) is 0 Å². The van der Waals surface area contributed by atoms with Gasteiger partial charge in [0.1, 0.15) is 5.84 Å². The number of benzene rings is 2. The van der Waals surface area contributed by atoms with Crippen molar-refractivity contribution in [1.82, 2.24) is 0 Å². The van der Waals surface area contributed by atoms with Gasteiger partial charge in [-0.15, -0.1) is 0 Å². The Bertz CT molecular complexity index is 1040. The van der Waals surface area contributed by atoms with Crippen molar-refractivity contribution >= 4 is 35.4 Å². The Kier molecular flexibility index (Phi) is 5.87. The van der Waals surface area contributed by atoms with E-state index in [2.05, 4.69) is 4.99 Å². The van der Waals surface area contributed by atoms with Crippen molar-refractivity contribution < 1.29 is 19.5 Å². The minimum atomic E-state index is -1.01. The molecule has 0 bridgehead atoms. The Labute approximate surface area is 168 Å². The molecule has 3 rings (SSSR count). The number of nitrogens with zero attached hydrogens (tertiary/aromatic N) is 2. The number of rotatable bonds is 6. The van der Waals surface area contributed by atoms with Crippen LogP contribution in [0, 0.1) is 0 Å². The zero-order chi connectivity index (χ0) is 21.0. The second kappa shape index (κ2) is 8.52. The molecule has 0 aliphatic carbocycles. The van der Waals surface area contributed by atoms with Crippen LogP contribution < -0.4 is 10.6 Å². The molecule has 0 saturated heterocycles. The smallest absolute Gasteiger partial charge is 0.328 e. The molecule has 7 nitrogen and oxygen atoms in total. The second-order valence-electron chi connectivity index (χ2n) is 6.67. The minimum absolute atomic E-state index is 0.256. The van der Waals surface area contributed by atoms with E-state index >= 15 is 0 Å². The summed E-state index contributed by atoms with van der Waals surface area (Å²) in [5.74, 6) is -1.43. The normalized spacial score (nSPS) is 14.4. The Hall–Kier alpha value is -3.74. The van der Waals surface area contributed by atoms with Crippen LogP contribution in [0.5, 0.6) is 0 Å². The highest BCUT2D eigenvalue weighted by Gasteiger charge is 2.26. The molecule has 1 aliphatic heterocycles. The first-order chi connectivity index (χ1) is 13.9. The summed E-state index contributed by atoms with van der Waals surface area (Å²) >= 11 is 0. The van der Waals surface area contributed by atoms with Gasteiger partial charge in [-0.2, -0.15) is 4.99 Å². The molecule has 0 spiro atoms. The van der Waals surface area contributed by atoms with Gasteiger partial charge in [0.25, 0.3) is 5.91 Å². The molecule has 2 amide bonds. The maximum atomic E-state index is 12.7. The molecule has 2 aromatic rings. The molecule has 0 saturated carbocycles. The van der Waals surface area contributed by atoms with Gasteiger partial charge < -0.3 is 15.7 Å². The van der Waals surface area contributed by atoms with E-state index in [0.717, 1.165) is 29.3 Å². The summed E-state index contributed by atoms with van der Waals surface area (Å²) in [7, 11) is 0. The fourth-order valence-electron chi connectivity index (χ4n) is 3.25. The van der Waals surface area contributed by atoms with Crippen molar-refractivity contribution in [2.24, 2.45) is 10.7 Å². The standard InChI is InChI=1S/C22H21N3O4/c1-2-10-25-18-8-6-14(7-9-20(26)27)11-17(18)13-19(25)24-22(29)16-5-3-4-15(12-16)21(23)28/h3-9,11-12H,2,10,13H2,1H3,(H2,23,28)(H,26,27)/b9-7+,24-19?. The van der Waals surface area contributed by atoms with Crippen LogP contribution in [0.1, 0.15) is 45.2 Å². The van der Waals surface area contributed by atoms with Gasteiger partial charge in [-0.25, -0.2) is 4.79 Å². The van der Waals surface area contributed by atoms with Crippen molar-refractivity contribution in [3.63, 3.8) is 0 Å². The van der Waals surface area contributed by atoms with E-state index < -0.39 is 17.8 Å². The lowest BCUT2D eigenvalue weighted by atomic mass is 10.1. The average Bonchev–Trinajstić information content (AvgIpc) is 3.03. The van der Waals surface area contributed by atoms with Gasteiger partial charge in [-0.05, 0) is 54.0 Å². The molecule has 1 heterocycles. The number of aliphatic imine (C=N–C) groups is 1. The van der Waals surface area contributed by atoms with Crippen molar-refractivity contribution in [1.29, 1.82) is 0 Å². The number of hydrogen-bond acceptors (Lipinski definition) is 3. The number of nitrogens with two attached hydrogens (primary N) is 1. The molecule has 0 radical (unpaired) electrons. The topological polar surface area (TPSA) is 113 Å². The van der Waals surface area contributed by atoms with Crippen LogP contribution in [0.3, 0.4) is 0 Å². The number of anilines is 1. The fraction of sp³-hybridized carbons (Fsp3) is 0.182. The summed E-state index contributed by atoms with van der Waals surface area (Å²) in [5.41, 5.74) is 8.54. The molecule has 29 heavy (non-hydrogen) atoms. The molecule has 148 valence electrons. The maximum absolute atomic E-state index is 12.7. The quantitative estimate of drug-likeness (QED) is 0.735. The van der Waals surface area contributed by atoms with Crippen LogP contribution in [0.2, 0.25) is 0 Å². The summed E-state index contributed by atoms with van der Waals surface area (Å²) in [4.78, 5) is 41.1. The first-order valence-electron chi connectivity index (χ1n) is 9.22. The molecular formula is C22H21N3O4. The summed E-state index contributed by atoms with van der Waals surface area (Å²) in [6.45, 7) is 2.74. The Morgan fingerprint density at radius 1 is 1.17 bits per heavy atom. The van der Waals surface area contributed by atoms with Crippen LogP contribution >= 0.6 is 0 Å². The minimum Gasteiger partial charge on any atom is -0.478 e. The zero-order valence-corrected chi connectivity index (χ0v) is 16.0. The van der Waals surface area contributed by atoms with E-state index in [-0.39, 0.29) is 5.56 Å². The number of hydrogen-bond donors (Lipinski definition) is 2. The van der Waals surface area contributed by atoms with Gasteiger partial charge >= 0.3 is 5.97 Å². The summed E-state index contributed by atoms with van der Waals surface area (Å²) in [6.07, 6.45) is 3.95. The van der Waals surface area contributed by atoms with Crippen LogP contribution in [0.25, 0.3) is 6.08 Å². The highest BCUT2D eigenvalue weighted by Crippen LogP contribution is 2.31. The number of carbonyl (C=O) groups is 3. The van der Waals surface area contributed by atoms with Crippen molar-refractivity contribution in [3.05, 3.63) is 70.8 Å².